The van der Waals surface area contributed by atoms with Gasteiger partial charge in [0.15, 0.2) is 23.3 Å². The van der Waals surface area contributed by atoms with Gasteiger partial charge in [-0.1, -0.05) is 12.8 Å². The Labute approximate surface area is 132 Å². The first-order chi connectivity index (χ1) is 11.0. The average Bonchev–Trinajstić information content (AvgIpc) is 2.86. The minimum Gasteiger partial charge on any atom is -0.355 e. The lowest BCUT2D eigenvalue weighted by atomic mass is 10.2. The summed E-state index contributed by atoms with van der Waals surface area (Å²) in [5, 5.41) is 0. The fourth-order valence-electron chi connectivity index (χ4n) is 2.96. The summed E-state index contributed by atoms with van der Waals surface area (Å²) in [6.45, 7) is 1.58. The Kier molecular flexibility index (Phi) is 3.97. The van der Waals surface area contributed by atoms with E-state index in [1.165, 1.54) is 11.6 Å². The predicted molar refractivity (Wildman–Crippen MR) is 86.1 cm³/mol. The van der Waals surface area contributed by atoms with Gasteiger partial charge in [0.05, 0.1) is 0 Å². The molecule has 0 saturated carbocycles. The largest absolute Gasteiger partial charge is 0.355 e. The number of carbonyl (C=O) groups excluding carboxylic acids is 1. The van der Waals surface area contributed by atoms with E-state index in [0.29, 0.717) is 12.1 Å². The van der Waals surface area contributed by atoms with E-state index in [4.69, 9.17) is 0 Å². The van der Waals surface area contributed by atoms with Crippen LogP contribution in [0.25, 0.3) is 11.2 Å². The molecule has 1 aliphatic heterocycles. The van der Waals surface area contributed by atoms with Crippen molar-refractivity contribution < 1.29 is 4.79 Å². The molecule has 0 radical (unpaired) electrons. The standard InChI is InChI=1S/C15H19N5O3/c1-18-13-11(14(22)19(2)15(18)23)16-10(9-21)12(17-13)20-7-5-3-4-6-8-20/h9H,3-8H2,1-2H3. The molecule has 122 valence electrons. The fraction of sp³-hybridized carbons (Fsp3) is 0.533. The number of hydrogen-bond acceptors (Lipinski definition) is 6. The maximum Gasteiger partial charge on any atom is 0.332 e. The molecule has 0 spiro atoms. The van der Waals surface area contributed by atoms with Crippen LogP contribution in [0.5, 0.6) is 0 Å². The molecule has 23 heavy (non-hydrogen) atoms. The SMILES string of the molecule is Cn1c(=O)c2nc(C=O)c(N3CCCCCC3)nc2n(C)c1=O. The topological polar surface area (TPSA) is 90.1 Å². The third-order valence-corrected chi connectivity index (χ3v) is 4.30. The van der Waals surface area contributed by atoms with E-state index in [9.17, 15) is 14.4 Å². The summed E-state index contributed by atoms with van der Waals surface area (Å²) in [6.07, 6.45) is 4.96. The van der Waals surface area contributed by atoms with Crippen LogP contribution in [-0.4, -0.2) is 38.5 Å². The van der Waals surface area contributed by atoms with Crippen molar-refractivity contribution in [3.05, 3.63) is 26.5 Å². The Morgan fingerprint density at radius 3 is 2.22 bits per heavy atom. The van der Waals surface area contributed by atoms with E-state index >= 15 is 0 Å². The maximum absolute atomic E-state index is 12.2. The van der Waals surface area contributed by atoms with Crippen LogP contribution < -0.4 is 16.1 Å². The molecule has 8 nitrogen and oxygen atoms in total. The van der Waals surface area contributed by atoms with Gasteiger partial charge in [0.2, 0.25) is 0 Å². The van der Waals surface area contributed by atoms with E-state index in [1.54, 1.807) is 7.05 Å². The number of rotatable bonds is 2. The predicted octanol–water partition coefficient (Wildman–Crippen LogP) is 0.220. The van der Waals surface area contributed by atoms with E-state index in [2.05, 4.69) is 9.97 Å². The van der Waals surface area contributed by atoms with Crippen molar-refractivity contribution in [2.45, 2.75) is 25.7 Å². The smallest absolute Gasteiger partial charge is 0.332 e. The van der Waals surface area contributed by atoms with Crippen LogP contribution in [0.4, 0.5) is 5.82 Å². The molecule has 3 heterocycles. The van der Waals surface area contributed by atoms with Crippen LogP contribution >= 0.6 is 0 Å². The second-order valence-corrected chi connectivity index (χ2v) is 5.83. The van der Waals surface area contributed by atoms with Crippen LogP contribution in [0.2, 0.25) is 0 Å². The van der Waals surface area contributed by atoms with Gasteiger partial charge in [-0.3, -0.25) is 18.7 Å². The highest BCUT2D eigenvalue weighted by molar-refractivity contribution is 5.85. The van der Waals surface area contributed by atoms with Gasteiger partial charge in [-0.2, -0.15) is 0 Å². The zero-order valence-electron chi connectivity index (χ0n) is 13.3. The number of aldehydes is 1. The summed E-state index contributed by atoms with van der Waals surface area (Å²) in [7, 11) is 2.93. The molecule has 8 heteroatoms. The highest BCUT2D eigenvalue weighted by atomic mass is 16.2. The zero-order valence-corrected chi connectivity index (χ0v) is 13.3. The molecule has 0 unspecified atom stereocenters. The lowest BCUT2D eigenvalue weighted by Gasteiger charge is -2.22. The van der Waals surface area contributed by atoms with Crippen LogP contribution in [-0.2, 0) is 14.1 Å². The van der Waals surface area contributed by atoms with E-state index in [1.807, 2.05) is 4.90 Å². The van der Waals surface area contributed by atoms with Crippen molar-refractivity contribution in [2.24, 2.45) is 14.1 Å². The van der Waals surface area contributed by atoms with Gasteiger partial charge >= 0.3 is 5.69 Å². The third-order valence-electron chi connectivity index (χ3n) is 4.30. The molecule has 0 amide bonds. The number of aromatic nitrogens is 4. The molecule has 2 aromatic heterocycles. The zero-order chi connectivity index (χ0) is 16.6. The Bertz CT molecular complexity index is 875. The minimum atomic E-state index is -0.541. The molecule has 0 bridgehead atoms. The normalized spacial score (nSPS) is 15.7. The number of nitrogens with zero attached hydrogens (tertiary/aromatic N) is 5. The van der Waals surface area contributed by atoms with Crippen LogP contribution in [0.15, 0.2) is 9.59 Å². The monoisotopic (exact) mass is 317 g/mol. The van der Waals surface area contributed by atoms with Gasteiger partial charge in [-0.05, 0) is 12.8 Å². The second kappa shape index (κ2) is 5.94. The van der Waals surface area contributed by atoms with Gasteiger partial charge in [-0.15, -0.1) is 0 Å². The van der Waals surface area contributed by atoms with Crippen LogP contribution in [0, 0.1) is 0 Å². The highest BCUT2D eigenvalue weighted by Crippen LogP contribution is 2.21. The molecular formula is C15H19N5O3. The van der Waals surface area contributed by atoms with Crippen molar-refractivity contribution in [1.29, 1.82) is 0 Å². The van der Waals surface area contributed by atoms with Gasteiger partial charge in [0, 0.05) is 27.2 Å². The maximum atomic E-state index is 12.2. The Morgan fingerprint density at radius 1 is 0.957 bits per heavy atom. The molecule has 0 aliphatic carbocycles. The molecule has 0 aromatic carbocycles. The number of carbonyl (C=O) groups is 1. The summed E-state index contributed by atoms with van der Waals surface area (Å²) >= 11 is 0. The molecule has 3 rings (SSSR count). The first-order valence-corrected chi connectivity index (χ1v) is 7.72. The second-order valence-electron chi connectivity index (χ2n) is 5.83. The van der Waals surface area contributed by atoms with Crippen molar-refractivity contribution in [1.82, 2.24) is 19.1 Å². The molecule has 0 atom stereocenters. The summed E-state index contributed by atoms with van der Waals surface area (Å²) in [6, 6.07) is 0. The fourth-order valence-corrected chi connectivity index (χ4v) is 2.96. The van der Waals surface area contributed by atoms with Crippen molar-refractivity contribution >= 4 is 23.3 Å². The van der Waals surface area contributed by atoms with Gasteiger partial charge in [0.1, 0.15) is 5.69 Å². The van der Waals surface area contributed by atoms with Gasteiger partial charge in [-0.25, -0.2) is 14.8 Å². The van der Waals surface area contributed by atoms with E-state index in [-0.39, 0.29) is 16.9 Å². The summed E-state index contributed by atoms with van der Waals surface area (Å²) in [5.41, 5.74) is -0.605. The number of anilines is 1. The number of hydrogen-bond donors (Lipinski definition) is 0. The molecule has 1 fully saturated rings. The average molecular weight is 317 g/mol. The summed E-state index contributed by atoms with van der Waals surface area (Å²) in [5.74, 6) is 0.456. The lowest BCUT2D eigenvalue weighted by Crippen LogP contribution is -2.38. The first-order valence-electron chi connectivity index (χ1n) is 7.72. The van der Waals surface area contributed by atoms with Gasteiger partial charge in [0.25, 0.3) is 5.56 Å². The molecule has 1 saturated heterocycles. The Balaban J connectivity index is 2.28. The quantitative estimate of drug-likeness (QED) is 0.736. The van der Waals surface area contributed by atoms with Crippen molar-refractivity contribution in [2.75, 3.05) is 18.0 Å². The highest BCUT2D eigenvalue weighted by Gasteiger charge is 2.20. The van der Waals surface area contributed by atoms with Crippen molar-refractivity contribution in [3.8, 4) is 0 Å². The first kappa shape index (κ1) is 15.4. The van der Waals surface area contributed by atoms with E-state index in [0.717, 1.165) is 43.3 Å². The molecule has 2 aromatic rings. The summed E-state index contributed by atoms with van der Waals surface area (Å²) < 4.78 is 2.26. The number of aryl methyl sites for hydroxylation is 1. The molecular weight excluding hydrogens is 298 g/mol. The Hall–Kier alpha value is -2.51. The third kappa shape index (κ3) is 2.54. The molecule has 1 aliphatic rings. The van der Waals surface area contributed by atoms with Crippen LogP contribution in [0.3, 0.4) is 0 Å². The van der Waals surface area contributed by atoms with E-state index < -0.39 is 11.2 Å². The minimum absolute atomic E-state index is 0.0373. The van der Waals surface area contributed by atoms with Crippen LogP contribution in [0.1, 0.15) is 36.2 Å². The van der Waals surface area contributed by atoms with Crippen molar-refractivity contribution in [3.63, 3.8) is 0 Å². The summed E-state index contributed by atoms with van der Waals surface area (Å²) in [4.78, 5) is 46.4. The lowest BCUT2D eigenvalue weighted by molar-refractivity contribution is 0.111. The molecule has 0 N–H and O–H groups in total. The Morgan fingerprint density at radius 2 is 1.61 bits per heavy atom. The number of fused-ring (bicyclic) bond motifs is 1. The van der Waals surface area contributed by atoms with Gasteiger partial charge < -0.3 is 4.90 Å².